The number of pyridine rings is 1. The van der Waals surface area contributed by atoms with Gasteiger partial charge in [0, 0.05) is 19.3 Å². The molecule has 2 rings (SSSR count). The van der Waals surface area contributed by atoms with Crippen LogP contribution >= 0.6 is 0 Å². The molecule has 2 heterocycles. The van der Waals surface area contributed by atoms with Gasteiger partial charge in [0.1, 0.15) is 5.75 Å². The van der Waals surface area contributed by atoms with Gasteiger partial charge in [-0.05, 0) is 31.7 Å². The summed E-state index contributed by atoms with van der Waals surface area (Å²) in [6.07, 6.45) is 4.54. The smallest absolute Gasteiger partial charge is 0.257 e. The van der Waals surface area contributed by atoms with Crippen LogP contribution in [-0.4, -0.2) is 47.2 Å². The number of rotatable bonds is 3. The van der Waals surface area contributed by atoms with Crippen molar-refractivity contribution in [1.29, 1.82) is 0 Å². The van der Waals surface area contributed by atoms with Gasteiger partial charge in [-0.2, -0.15) is 0 Å². The minimum Gasteiger partial charge on any atom is -0.494 e. The Kier molecular flexibility index (Phi) is 4.37. The third kappa shape index (κ3) is 3.04. The van der Waals surface area contributed by atoms with Gasteiger partial charge in [0.05, 0.1) is 25.0 Å². The molecule has 1 aliphatic rings. The molecule has 0 radical (unpaired) electrons. The number of carbonyl (C=O) groups excluding carboxylic acids is 1. The van der Waals surface area contributed by atoms with Crippen LogP contribution in [0.25, 0.3) is 0 Å². The minimum absolute atomic E-state index is 0.0247. The Labute approximate surface area is 113 Å². The second-order valence-corrected chi connectivity index (χ2v) is 4.95. The van der Waals surface area contributed by atoms with Gasteiger partial charge < -0.3 is 14.7 Å². The third-order valence-electron chi connectivity index (χ3n) is 3.74. The lowest BCUT2D eigenvalue weighted by molar-refractivity contribution is 0.0519. The van der Waals surface area contributed by atoms with Crippen molar-refractivity contribution in [3.8, 4) is 5.75 Å². The SMILES string of the molecule is COc1cnccc1C(=O)N1CCC(C(C)O)CC1. The Balaban J connectivity index is 2.05. The van der Waals surface area contributed by atoms with Crippen molar-refractivity contribution < 1.29 is 14.6 Å². The highest BCUT2D eigenvalue weighted by Gasteiger charge is 2.27. The normalized spacial score (nSPS) is 18.2. The molecule has 0 aromatic carbocycles. The molecule has 1 amide bonds. The van der Waals surface area contributed by atoms with Crippen molar-refractivity contribution in [2.45, 2.75) is 25.9 Å². The molecule has 1 atom stereocenters. The molecule has 1 aromatic heterocycles. The van der Waals surface area contributed by atoms with Crippen molar-refractivity contribution in [2.75, 3.05) is 20.2 Å². The Morgan fingerprint density at radius 3 is 2.79 bits per heavy atom. The number of ether oxygens (including phenoxy) is 1. The van der Waals surface area contributed by atoms with Gasteiger partial charge in [-0.3, -0.25) is 9.78 Å². The van der Waals surface area contributed by atoms with Gasteiger partial charge in [-0.25, -0.2) is 0 Å². The highest BCUT2D eigenvalue weighted by atomic mass is 16.5. The minimum atomic E-state index is -0.298. The number of hydrogen-bond donors (Lipinski definition) is 1. The number of aliphatic hydroxyl groups is 1. The largest absolute Gasteiger partial charge is 0.494 e. The molecule has 1 aromatic rings. The molecule has 0 saturated carbocycles. The van der Waals surface area contributed by atoms with Crippen LogP contribution in [0.5, 0.6) is 5.75 Å². The zero-order chi connectivity index (χ0) is 13.8. The lowest BCUT2D eigenvalue weighted by Gasteiger charge is -2.33. The number of likely N-dealkylation sites (tertiary alicyclic amines) is 1. The highest BCUT2D eigenvalue weighted by molar-refractivity contribution is 5.96. The van der Waals surface area contributed by atoms with E-state index in [1.807, 2.05) is 11.8 Å². The summed E-state index contributed by atoms with van der Waals surface area (Å²) in [5.41, 5.74) is 0.549. The van der Waals surface area contributed by atoms with E-state index in [1.165, 1.54) is 7.11 Å². The zero-order valence-electron chi connectivity index (χ0n) is 11.4. The molecule has 104 valence electrons. The molecule has 0 bridgehead atoms. The first kappa shape index (κ1) is 13.8. The predicted octanol–water partition coefficient (Wildman–Crippen LogP) is 1.32. The maximum atomic E-state index is 12.4. The van der Waals surface area contributed by atoms with Crippen LogP contribution in [0.2, 0.25) is 0 Å². The highest BCUT2D eigenvalue weighted by Crippen LogP contribution is 2.24. The van der Waals surface area contributed by atoms with Gasteiger partial charge in [-0.1, -0.05) is 0 Å². The summed E-state index contributed by atoms with van der Waals surface area (Å²) in [4.78, 5) is 18.2. The van der Waals surface area contributed by atoms with Crippen LogP contribution in [0.4, 0.5) is 0 Å². The first-order chi connectivity index (χ1) is 9.13. The van der Waals surface area contributed by atoms with Crippen molar-refractivity contribution in [3.05, 3.63) is 24.0 Å². The number of amides is 1. The summed E-state index contributed by atoms with van der Waals surface area (Å²) in [6.45, 7) is 3.17. The van der Waals surface area contributed by atoms with Crippen LogP contribution in [-0.2, 0) is 0 Å². The van der Waals surface area contributed by atoms with E-state index in [1.54, 1.807) is 18.5 Å². The molecule has 5 heteroatoms. The van der Waals surface area contributed by atoms with E-state index in [0.29, 0.717) is 30.3 Å². The van der Waals surface area contributed by atoms with Gasteiger partial charge >= 0.3 is 0 Å². The molecular formula is C14H20N2O3. The van der Waals surface area contributed by atoms with Crippen molar-refractivity contribution in [3.63, 3.8) is 0 Å². The number of aliphatic hydroxyl groups excluding tert-OH is 1. The number of piperidine rings is 1. The molecule has 1 unspecified atom stereocenters. The van der Waals surface area contributed by atoms with Crippen LogP contribution in [0.1, 0.15) is 30.1 Å². The number of carbonyl (C=O) groups is 1. The molecular weight excluding hydrogens is 244 g/mol. The van der Waals surface area contributed by atoms with Gasteiger partial charge in [0.2, 0.25) is 0 Å². The molecule has 0 spiro atoms. The monoisotopic (exact) mass is 264 g/mol. The van der Waals surface area contributed by atoms with Gasteiger partial charge in [0.15, 0.2) is 0 Å². The van der Waals surface area contributed by atoms with Crippen molar-refractivity contribution in [1.82, 2.24) is 9.88 Å². The van der Waals surface area contributed by atoms with E-state index in [4.69, 9.17) is 4.74 Å². The number of methoxy groups -OCH3 is 1. The van der Waals surface area contributed by atoms with Crippen LogP contribution < -0.4 is 4.74 Å². The lowest BCUT2D eigenvalue weighted by atomic mass is 9.92. The van der Waals surface area contributed by atoms with Crippen molar-refractivity contribution >= 4 is 5.91 Å². The number of hydrogen-bond acceptors (Lipinski definition) is 4. The molecule has 1 saturated heterocycles. The average molecular weight is 264 g/mol. The summed E-state index contributed by atoms with van der Waals surface area (Å²) in [5, 5.41) is 9.57. The molecule has 1 N–H and O–H groups in total. The summed E-state index contributed by atoms with van der Waals surface area (Å²) < 4.78 is 5.17. The first-order valence-corrected chi connectivity index (χ1v) is 6.59. The molecule has 5 nitrogen and oxygen atoms in total. The second kappa shape index (κ2) is 6.02. The molecule has 1 aliphatic heterocycles. The van der Waals surface area contributed by atoms with E-state index >= 15 is 0 Å². The van der Waals surface area contributed by atoms with Gasteiger partial charge in [0.25, 0.3) is 5.91 Å². The Morgan fingerprint density at radius 1 is 1.53 bits per heavy atom. The third-order valence-corrected chi connectivity index (χ3v) is 3.74. The topological polar surface area (TPSA) is 62.7 Å². The summed E-state index contributed by atoms with van der Waals surface area (Å²) >= 11 is 0. The molecule has 1 fully saturated rings. The Hall–Kier alpha value is -1.62. The summed E-state index contributed by atoms with van der Waals surface area (Å²) in [6, 6.07) is 1.68. The van der Waals surface area contributed by atoms with E-state index < -0.39 is 0 Å². The molecule has 0 aliphatic carbocycles. The van der Waals surface area contributed by atoms with E-state index in [9.17, 15) is 9.90 Å². The van der Waals surface area contributed by atoms with E-state index in [0.717, 1.165) is 12.8 Å². The maximum Gasteiger partial charge on any atom is 0.257 e. The summed E-state index contributed by atoms with van der Waals surface area (Å²) in [5.74, 6) is 0.775. The quantitative estimate of drug-likeness (QED) is 0.894. The first-order valence-electron chi connectivity index (χ1n) is 6.59. The fraction of sp³-hybridized carbons (Fsp3) is 0.571. The number of nitrogens with zero attached hydrogens (tertiary/aromatic N) is 2. The van der Waals surface area contributed by atoms with E-state index in [-0.39, 0.29) is 12.0 Å². The van der Waals surface area contributed by atoms with Crippen LogP contribution in [0.3, 0.4) is 0 Å². The Morgan fingerprint density at radius 2 is 2.21 bits per heavy atom. The fourth-order valence-corrected chi connectivity index (χ4v) is 2.47. The van der Waals surface area contributed by atoms with Crippen LogP contribution in [0.15, 0.2) is 18.5 Å². The second-order valence-electron chi connectivity index (χ2n) is 4.95. The average Bonchev–Trinajstić information content (AvgIpc) is 2.46. The van der Waals surface area contributed by atoms with E-state index in [2.05, 4.69) is 4.98 Å². The summed E-state index contributed by atoms with van der Waals surface area (Å²) in [7, 11) is 1.54. The number of aromatic nitrogens is 1. The standard InChI is InChI=1S/C14H20N2O3/c1-10(17)11-4-7-16(8-5-11)14(18)12-3-6-15-9-13(12)19-2/h3,6,9-11,17H,4-5,7-8H2,1-2H3. The lowest BCUT2D eigenvalue weighted by Crippen LogP contribution is -2.40. The molecule has 19 heavy (non-hydrogen) atoms. The predicted molar refractivity (Wildman–Crippen MR) is 71.1 cm³/mol. The van der Waals surface area contributed by atoms with Crippen LogP contribution in [0, 0.1) is 5.92 Å². The Bertz CT molecular complexity index is 440. The maximum absolute atomic E-state index is 12.4. The van der Waals surface area contributed by atoms with Crippen molar-refractivity contribution in [2.24, 2.45) is 5.92 Å². The zero-order valence-corrected chi connectivity index (χ0v) is 11.4. The van der Waals surface area contributed by atoms with Gasteiger partial charge in [-0.15, -0.1) is 0 Å². The fourth-order valence-electron chi connectivity index (χ4n) is 2.47.